The van der Waals surface area contributed by atoms with Gasteiger partial charge in [0.05, 0.1) is 23.9 Å². The van der Waals surface area contributed by atoms with Gasteiger partial charge in [0.15, 0.2) is 0 Å². The molecule has 2 aromatic rings. The zero-order valence-corrected chi connectivity index (χ0v) is 8.83. The minimum absolute atomic E-state index is 0.167. The number of aromatic nitrogens is 3. The molecule has 0 spiro atoms. The Balaban J connectivity index is 2.17. The van der Waals surface area contributed by atoms with Crippen molar-refractivity contribution in [3.63, 3.8) is 0 Å². The first kappa shape index (κ1) is 10.6. The molecule has 0 saturated carbocycles. The molecule has 0 aliphatic heterocycles. The maximum absolute atomic E-state index is 10.4. The SMILES string of the molecule is O=[N+]([O-])c1ccn(Cc2ccnc(Cl)c2)n1. The molecule has 0 fully saturated rings. The van der Waals surface area contributed by atoms with E-state index in [0.717, 1.165) is 5.56 Å². The van der Waals surface area contributed by atoms with Crippen molar-refractivity contribution in [1.29, 1.82) is 0 Å². The van der Waals surface area contributed by atoms with Crippen LogP contribution in [-0.2, 0) is 6.54 Å². The summed E-state index contributed by atoms with van der Waals surface area (Å²) in [5, 5.41) is 14.6. The van der Waals surface area contributed by atoms with Crippen LogP contribution in [0.15, 0.2) is 30.6 Å². The summed E-state index contributed by atoms with van der Waals surface area (Å²) in [5.41, 5.74) is 0.887. The van der Waals surface area contributed by atoms with Gasteiger partial charge in [-0.15, -0.1) is 0 Å². The molecule has 16 heavy (non-hydrogen) atoms. The van der Waals surface area contributed by atoms with Crippen LogP contribution in [0.3, 0.4) is 0 Å². The van der Waals surface area contributed by atoms with Gasteiger partial charge in [-0.2, -0.15) is 4.68 Å². The first-order valence-electron chi connectivity index (χ1n) is 4.43. The van der Waals surface area contributed by atoms with Crippen molar-refractivity contribution in [3.8, 4) is 0 Å². The van der Waals surface area contributed by atoms with E-state index in [9.17, 15) is 10.1 Å². The summed E-state index contributed by atoms with van der Waals surface area (Å²) in [7, 11) is 0. The Morgan fingerprint density at radius 3 is 2.94 bits per heavy atom. The fourth-order valence-electron chi connectivity index (χ4n) is 1.26. The minimum Gasteiger partial charge on any atom is -0.358 e. The van der Waals surface area contributed by atoms with E-state index < -0.39 is 4.92 Å². The quantitative estimate of drug-likeness (QED) is 0.465. The lowest BCUT2D eigenvalue weighted by molar-refractivity contribution is -0.389. The van der Waals surface area contributed by atoms with Crippen LogP contribution in [0.2, 0.25) is 5.15 Å². The molecule has 0 unspecified atom stereocenters. The van der Waals surface area contributed by atoms with Crippen molar-refractivity contribution < 1.29 is 4.92 Å². The Labute approximate surface area is 95.6 Å². The average molecular weight is 239 g/mol. The third-order valence-corrected chi connectivity index (χ3v) is 2.16. The molecule has 0 N–H and O–H groups in total. The van der Waals surface area contributed by atoms with Crippen LogP contribution < -0.4 is 0 Å². The van der Waals surface area contributed by atoms with Crippen LogP contribution in [0, 0.1) is 10.1 Å². The third-order valence-electron chi connectivity index (χ3n) is 1.95. The van der Waals surface area contributed by atoms with Crippen molar-refractivity contribution in [2.45, 2.75) is 6.54 Å². The summed E-state index contributed by atoms with van der Waals surface area (Å²) in [6.07, 6.45) is 3.13. The number of nitro groups is 1. The van der Waals surface area contributed by atoms with Gasteiger partial charge < -0.3 is 10.1 Å². The van der Waals surface area contributed by atoms with Gasteiger partial charge in [0.1, 0.15) is 5.15 Å². The van der Waals surface area contributed by atoms with E-state index in [1.54, 1.807) is 24.5 Å². The number of hydrogen-bond donors (Lipinski definition) is 0. The second kappa shape index (κ2) is 4.28. The Kier molecular flexibility index (Phi) is 2.82. The third kappa shape index (κ3) is 2.34. The van der Waals surface area contributed by atoms with Gasteiger partial charge in [-0.05, 0) is 22.6 Å². The van der Waals surface area contributed by atoms with E-state index in [-0.39, 0.29) is 5.82 Å². The first-order chi connectivity index (χ1) is 7.65. The molecule has 82 valence electrons. The number of nitrogens with zero attached hydrogens (tertiary/aromatic N) is 4. The molecule has 0 amide bonds. The van der Waals surface area contributed by atoms with Crippen molar-refractivity contribution in [1.82, 2.24) is 14.8 Å². The van der Waals surface area contributed by atoms with Crippen LogP contribution >= 0.6 is 11.6 Å². The van der Waals surface area contributed by atoms with Crippen molar-refractivity contribution in [2.75, 3.05) is 0 Å². The summed E-state index contributed by atoms with van der Waals surface area (Å²) in [6, 6.07) is 4.82. The summed E-state index contributed by atoms with van der Waals surface area (Å²) >= 11 is 5.72. The van der Waals surface area contributed by atoms with Crippen LogP contribution in [0.4, 0.5) is 5.82 Å². The number of halogens is 1. The van der Waals surface area contributed by atoms with E-state index in [1.807, 2.05) is 0 Å². The molecule has 2 heterocycles. The molecule has 0 saturated heterocycles. The van der Waals surface area contributed by atoms with Crippen molar-refractivity contribution >= 4 is 17.4 Å². The van der Waals surface area contributed by atoms with Gasteiger partial charge in [0.25, 0.3) is 0 Å². The Hall–Kier alpha value is -1.95. The zero-order valence-electron chi connectivity index (χ0n) is 8.08. The van der Waals surface area contributed by atoms with Crippen LogP contribution in [-0.4, -0.2) is 19.7 Å². The van der Waals surface area contributed by atoms with Crippen LogP contribution in [0.5, 0.6) is 0 Å². The lowest BCUT2D eigenvalue weighted by Crippen LogP contribution is -2.01. The number of pyridine rings is 1. The number of hydrogen-bond acceptors (Lipinski definition) is 4. The average Bonchev–Trinajstić information content (AvgIpc) is 2.66. The van der Waals surface area contributed by atoms with Crippen molar-refractivity contribution in [3.05, 3.63) is 51.4 Å². The molecule has 0 radical (unpaired) electrons. The predicted octanol–water partition coefficient (Wildman–Crippen LogP) is 1.89. The molecular weight excluding hydrogens is 232 g/mol. The zero-order chi connectivity index (χ0) is 11.5. The predicted molar refractivity (Wildman–Crippen MR) is 57.2 cm³/mol. The standard InChI is InChI=1S/C9H7ClN4O2/c10-8-5-7(1-3-11-8)6-13-4-2-9(12-13)14(15)16/h1-5H,6H2. The van der Waals surface area contributed by atoms with Gasteiger partial charge in [-0.25, -0.2) is 4.98 Å². The smallest absolute Gasteiger partial charge is 0.358 e. The second-order valence-corrected chi connectivity index (χ2v) is 3.50. The molecule has 2 aromatic heterocycles. The lowest BCUT2D eigenvalue weighted by atomic mass is 10.3. The van der Waals surface area contributed by atoms with Gasteiger partial charge in [-0.3, -0.25) is 0 Å². The van der Waals surface area contributed by atoms with E-state index in [1.165, 1.54) is 10.7 Å². The summed E-state index contributed by atoms with van der Waals surface area (Å²) in [5.74, 6) is -0.167. The normalized spacial score (nSPS) is 10.3. The van der Waals surface area contributed by atoms with E-state index in [2.05, 4.69) is 10.1 Å². The molecule has 2 rings (SSSR count). The van der Waals surface area contributed by atoms with E-state index in [0.29, 0.717) is 11.7 Å². The Morgan fingerprint density at radius 1 is 1.50 bits per heavy atom. The van der Waals surface area contributed by atoms with Crippen LogP contribution in [0.25, 0.3) is 0 Å². The van der Waals surface area contributed by atoms with Crippen molar-refractivity contribution in [2.24, 2.45) is 0 Å². The van der Waals surface area contributed by atoms with Crippen LogP contribution in [0.1, 0.15) is 5.56 Å². The maximum atomic E-state index is 10.4. The molecule has 0 aromatic carbocycles. The monoisotopic (exact) mass is 238 g/mol. The largest absolute Gasteiger partial charge is 0.389 e. The molecule has 0 aliphatic rings. The molecule has 0 bridgehead atoms. The fourth-order valence-corrected chi connectivity index (χ4v) is 1.46. The summed E-state index contributed by atoms with van der Waals surface area (Å²) < 4.78 is 1.48. The highest BCUT2D eigenvalue weighted by atomic mass is 35.5. The second-order valence-electron chi connectivity index (χ2n) is 3.12. The van der Waals surface area contributed by atoms with Gasteiger partial charge in [0, 0.05) is 6.20 Å². The van der Waals surface area contributed by atoms with E-state index in [4.69, 9.17) is 11.6 Å². The topological polar surface area (TPSA) is 73.8 Å². The molecule has 6 nitrogen and oxygen atoms in total. The molecule has 7 heteroatoms. The maximum Gasteiger partial charge on any atom is 0.389 e. The van der Waals surface area contributed by atoms with E-state index >= 15 is 0 Å². The Bertz CT molecular complexity index is 526. The molecule has 0 aliphatic carbocycles. The summed E-state index contributed by atoms with van der Waals surface area (Å²) in [6.45, 7) is 0.427. The van der Waals surface area contributed by atoms with Gasteiger partial charge in [-0.1, -0.05) is 11.6 Å². The Morgan fingerprint density at radius 2 is 2.31 bits per heavy atom. The summed E-state index contributed by atoms with van der Waals surface area (Å²) in [4.78, 5) is 13.7. The first-order valence-corrected chi connectivity index (χ1v) is 4.81. The lowest BCUT2D eigenvalue weighted by Gasteiger charge is -1.97. The minimum atomic E-state index is -0.532. The van der Waals surface area contributed by atoms with Gasteiger partial charge in [0.2, 0.25) is 0 Å². The highest BCUT2D eigenvalue weighted by Gasteiger charge is 2.10. The molecular formula is C9H7ClN4O2. The highest BCUT2D eigenvalue weighted by molar-refractivity contribution is 6.29. The fraction of sp³-hybridized carbons (Fsp3) is 0.111. The number of rotatable bonds is 3. The molecule has 0 atom stereocenters. The van der Waals surface area contributed by atoms with Gasteiger partial charge >= 0.3 is 5.82 Å². The highest BCUT2D eigenvalue weighted by Crippen LogP contribution is 2.10.